The van der Waals surface area contributed by atoms with E-state index >= 15 is 0 Å². The van der Waals surface area contributed by atoms with Crippen molar-refractivity contribution in [2.45, 2.75) is 33.3 Å². The van der Waals surface area contributed by atoms with Crippen LogP contribution in [0.2, 0.25) is 0 Å². The molecule has 1 amide bonds. The van der Waals surface area contributed by atoms with Gasteiger partial charge in [-0.3, -0.25) is 9.63 Å². The molecule has 0 atom stereocenters. The van der Waals surface area contributed by atoms with Gasteiger partial charge in [-0.15, -0.1) is 0 Å². The molecule has 0 rings (SSSR count). The molecule has 0 saturated heterocycles. The number of carbonyl (C=O) groups is 2. The van der Waals surface area contributed by atoms with Crippen molar-refractivity contribution in [2.75, 3.05) is 13.2 Å². The highest BCUT2D eigenvalue weighted by atomic mass is 16.7. The molecule has 16 heavy (non-hydrogen) atoms. The summed E-state index contributed by atoms with van der Waals surface area (Å²) < 4.78 is 4.83. The third kappa shape index (κ3) is 7.00. The average Bonchev–Trinajstić information content (AvgIpc) is 2.13. The minimum absolute atomic E-state index is 0.0838. The predicted molar refractivity (Wildman–Crippen MR) is 59.4 cm³/mol. The normalized spacial score (nSPS) is 10.8. The standard InChI is InChI=1S/C11H19NO4/c1-9(2)10(14)15-7-6-12(8-13)16-11(3,4)5/h8H,1,6-7H2,2-5H3. The Morgan fingerprint density at radius 3 is 2.38 bits per heavy atom. The number of hydrogen-bond donors (Lipinski definition) is 0. The zero-order chi connectivity index (χ0) is 12.8. The third-order valence-electron chi connectivity index (χ3n) is 1.40. The van der Waals surface area contributed by atoms with E-state index in [0.29, 0.717) is 12.0 Å². The van der Waals surface area contributed by atoms with Gasteiger partial charge in [0.25, 0.3) is 0 Å². The lowest BCUT2D eigenvalue weighted by molar-refractivity contribution is -0.219. The van der Waals surface area contributed by atoms with E-state index in [0.717, 1.165) is 5.06 Å². The molecule has 0 spiro atoms. The first kappa shape index (κ1) is 14.6. The quantitative estimate of drug-likeness (QED) is 0.298. The van der Waals surface area contributed by atoms with Gasteiger partial charge in [-0.2, -0.15) is 0 Å². The van der Waals surface area contributed by atoms with Crippen LogP contribution in [0, 0.1) is 0 Å². The van der Waals surface area contributed by atoms with Crippen LogP contribution >= 0.6 is 0 Å². The van der Waals surface area contributed by atoms with Crippen molar-refractivity contribution < 1.29 is 19.2 Å². The topological polar surface area (TPSA) is 55.8 Å². The summed E-state index contributed by atoms with van der Waals surface area (Å²) in [5.41, 5.74) is -0.131. The Labute approximate surface area is 96.0 Å². The molecule has 0 N–H and O–H groups in total. The Balaban J connectivity index is 3.93. The number of esters is 1. The van der Waals surface area contributed by atoms with Crippen molar-refractivity contribution in [1.29, 1.82) is 0 Å². The zero-order valence-electron chi connectivity index (χ0n) is 10.3. The lowest BCUT2D eigenvalue weighted by Gasteiger charge is -2.26. The molecule has 5 heteroatoms. The van der Waals surface area contributed by atoms with E-state index in [1.54, 1.807) is 6.92 Å². The number of rotatable bonds is 6. The molecular formula is C11H19NO4. The Kier molecular flexibility index (Phi) is 5.74. The van der Waals surface area contributed by atoms with Crippen molar-refractivity contribution in [1.82, 2.24) is 5.06 Å². The number of carbonyl (C=O) groups excluding carboxylic acids is 2. The SMILES string of the molecule is C=C(C)C(=O)OCCN(C=O)OC(C)(C)C. The first-order chi connectivity index (χ1) is 7.26. The second kappa shape index (κ2) is 6.27. The monoisotopic (exact) mass is 229 g/mol. The molecule has 0 aliphatic heterocycles. The Morgan fingerprint density at radius 2 is 2.00 bits per heavy atom. The fourth-order valence-electron chi connectivity index (χ4n) is 0.823. The van der Waals surface area contributed by atoms with Crippen LogP contribution in [0.1, 0.15) is 27.7 Å². The van der Waals surface area contributed by atoms with Crippen molar-refractivity contribution >= 4 is 12.4 Å². The van der Waals surface area contributed by atoms with Gasteiger partial charge in [-0.1, -0.05) is 6.58 Å². The number of amides is 1. The molecule has 0 bridgehead atoms. The molecule has 0 aromatic carbocycles. The maximum atomic E-state index is 11.0. The van der Waals surface area contributed by atoms with Crippen LogP contribution < -0.4 is 0 Å². The largest absolute Gasteiger partial charge is 0.460 e. The molecule has 0 saturated carbocycles. The van der Waals surface area contributed by atoms with Crippen molar-refractivity contribution in [3.05, 3.63) is 12.2 Å². The van der Waals surface area contributed by atoms with E-state index in [9.17, 15) is 9.59 Å². The molecule has 0 fully saturated rings. The Hall–Kier alpha value is -1.36. The van der Waals surface area contributed by atoms with E-state index in [1.165, 1.54) is 0 Å². The molecule has 0 aliphatic carbocycles. The lowest BCUT2D eigenvalue weighted by atomic mass is 10.2. The summed E-state index contributed by atoms with van der Waals surface area (Å²) in [5.74, 6) is -0.471. The highest BCUT2D eigenvalue weighted by molar-refractivity contribution is 5.86. The van der Waals surface area contributed by atoms with Crippen LogP contribution in [-0.4, -0.2) is 36.2 Å². The Bertz CT molecular complexity index is 268. The van der Waals surface area contributed by atoms with Gasteiger partial charge < -0.3 is 4.74 Å². The van der Waals surface area contributed by atoms with Gasteiger partial charge in [0.05, 0.1) is 12.1 Å². The zero-order valence-corrected chi connectivity index (χ0v) is 10.3. The number of nitrogens with zero attached hydrogens (tertiary/aromatic N) is 1. The number of ether oxygens (including phenoxy) is 1. The van der Waals surface area contributed by atoms with Gasteiger partial charge in [-0.25, -0.2) is 9.86 Å². The molecule has 0 radical (unpaired) electrons. The molecule has 0 aromatic heterocycles. The van der Waals surface area contributed by atoms with Gasteiger partial charge in [0.2, 0.25) is 6.41 Å². The third-order valence-corrected chi connectivity index (χ3v) is 1.40. The highest BCUT2D eigenvalue weighted by Crippen LogP contribution is 2.08. The average molecular weight is 229 g/mol. The molecule has 92 valence electrons. The van der Waals surface area contributed by atoms with E-state index in [1.807, 2.05) is 20.8 Å². The van der Waals surface area contributed by atoms with E-state index in [-0.39, 0.29) is 13.2 Å². The summed E-state index contributed by atoms with van der Waals surface area (Å²) in [5, 5.41) is 1.10. The Morgan fingerprint density at radius 1 is 1.44 bits per heavy atom. The van der Waals surface area contributed by atoms with Crippen LogP contribution in [-0.2, 0) is 19.2 Å². The van der Waals surface area contributed by atoms with Crippen molar-refractivity contribution in [3.63, 3.8) is 0 Å². The molecule has 0 aliphatic rings. The maximum absolute atomic E-state index is 11.0. The van der Waals surface area contributed by atoms with Gasteiger partial charge in [0, 0.05) is 5.57 Å². The smallest absolute Gasteiger partial charge is 0.333 e. The molecule has 0 unspecified atom stereocenters. The summed E-state index contributed by atoms with van der Waals surface area (Å²) in [6.45, 7) is 10.8. The molecule has 5 nitrogen and oxygen atoms in total. The second-order valence-corrected chi connectivity index (χ2v) is 4.37. The van der Waals surface area contributed by atoms with Gasteiger partial charge in [-0.05, 0) is 27.7 Å². The number of hydrogen-bond acceptors (Lipinski definition) is 4. The maximum Gasteiger partial charge on any atom is 0.333 e. The predicted octanol–water partition coefficient (Wildman–Crippen LogP) is 1.29. The van der Waals surface area contributed by atoms with E-state index in [2.05, 4.69) is 6.58 Å². The summed E-state index contributed by atoms with van der Waals surface area (Å²) >= 11 is 0. The van der Waals surface area contributed by atoms with Crippen molar-refractivity contribution in [2.24, 2.45) is 0 Å². The van der Waals surface area contributed by atoms with Crippen molar-refractivity contribution in [3.8, 4) is 0 Å². The van der Waals surface area contributed by atoms with Gasteiger partial charge in [0.15, 0.2) is 0 Å². The fraction of sp³-hybridized carbons (Fsp3) is 0.636. The second-order valence-electron chi connectivity index (χ2n) is 4.37. The van der Waals surface area contributed by atoms with Gasteiger partial charge in [0.1, 0.15) is 6.61 Å². The molecular weight excluding hydrogens is 210 g/mol. The van der Waals surface area contributed by atoms with E-state index < -0.39 is 11.6 Å². The first-order valence-electron chi connectivity index (χ1n) is 5.00. The van der Waals surface area contributed by atoms with Crippen LogP contribution in [0.25, 0.3) is 0 Å². The minimum Gasteiger partial charge on any atom is -0.460 e. The van der Waals surface area contributed by atoms with Crippen LogP contribution in [0.15, 0.2) is 12.2 Å². The summed E-state index contributed by atoms with van der Waals surface area (Å²) in [6.07, 6.45) is 0.555. The fourth-order valence-corrected chi connectivity index (χ4v) is 0.823. The van der Waals surface area contributed by atoms with Crippen LogP contribution in [0.3, 0.4) is 0 Å². The summed E-state index contributed by atoms with van der Waals surface area (Å²) in [7, 11) is 0. The van der Waals surface area contributed by atoms with Crippen LogP contribution in [0.5, 0.6) is 0 Å². The molecule has 0 heterocycles. The van der Waals surface area contributed by atoms with E-state index in [4.69, 9.17) is 9.57 Å². The van der Waals surface area contributed by atoms with Crippen LogP contribution in [0.4, 0.5) is 0 Å². The lowest BCUT2D eigenvalue weighted by Crippen LogP contribution is -2.35. The summed E-state index contributed by atoms with van der Waals surface area (Å²) in [6, 6.07) is 0. The highest BCUT2D eigenvalue weighted by Gasteiger charge is 2.16. The summed E-state index contributed by atoms with van der Waals surface area (Å²) in [4.78, 5) is 26.9. The molecule has 0 aromatic rings. The minimum atomic E-state index is -0.471. The number of hydroxylamine groups is 2. The van der Waals surface area contributed by atoms with Gasteiger partial charge >= 0.3 is 5.97 Å². The first-order valence-corrected chi connectivity index (χ1v) is 5.00.